The largest absolute Gasteiger partial charge is 3.00 e. The molecule has 0 aromatic rings. The predicted octanol–water partition coefficient (Wildman–Crippen LogP) is -2.78. The van der Waals surface area contributed by atoms with Crippen molar-refractivity contribution in [3.63, 3.8) is 0 Å². The molecule has 0 unspecified atom stereocenters. The quantitative estimate of drug-likeness (QED) is 0.376. The molecule has 0 heterocycles. The van der Waals surface area contributed by atoms with E-state index in [1.807, 2.05) is 0 Å². The fourth-order valence-corrected chi connectivity index (χ4v) is 0. The van der Waals surface area contributed by atoms with Crippen molar-refractivity contribution in [1.82, 2.24) is 0 Å². The van der Waals surface area contributed by atoms with Crippen LogP contribution in [0, 0.1) is 0 Å². The van der Waals surface area contributed by atoms with E-state index < -0.39 is 0 Å². The summed E-state index contributed by atoms with van der Waals surface area (Å²) in [6.45, 7) is 0. The molecule has 0 spiro atoms. The van der Waals surface area contributed by atoms with Gasteiger partial charge in [-0.2, -0.15) is 27.0 Å². The topological polar surface area (TPSA) is 0 Å². The fourth-order valence-electron chi connectivity index (χ4n) is 0. The van der Waals surface area contributed by atoms with Crippen molar-refractivity contribution < 1.29 is 80.6 Å². The van der Waals surface area contributed by atoms with Crippen LogP contribution in [0.2, 0.25) is 0 Å². The van der Waals surface area contributed by atoms with Crippen molar-refractivity contribution in [3.05, 3.63) is 0 Å². The van der Waals surface area contributed by atoms with Crippen molar-refractivity contribution in [2.24, 2.45) is 0 Å². The minimum Gasteiger partial charge on any atom is -2.00 e. The minimum atomic E-state index is 0. The van der Waals surface area contributed by atoms with E-state index in [-0.39, 0.29) is 135 Å². The molecule has 0 saturated carbocycles. The standard InChI is InChI=1S/Au.Rb.2H2S.2S/h;;2*1H2;;/q+3;+1;;;2*-2. The van der Waals surface area contributed by atoms with Crippen molar-refractivity contribution in [3.8, 4) is 0 Å². The third-order valence-electron chi connectivity index (χ3n) is 0. The Labute approximate surface area is 131 Å². The van der Waals surface area contributed by atoms with Gasteiger partial charge < -0.3 is 27.0 Å². The summed E-state index contributed by atoms with van der Waals surface area (Å²) in [5, 5.41) is 0. The van der Waals surface area contributed by atoms with Crippen LogP contribution in [0.3, 0.4) is 0 Å². The number of rotatable bonds is 0. The van der Waals surface area contributed by atoms with Gasteiger partial charge in [0.05, 0.1) is 0 Å². The van der Waals surface area contributed by atoms with E-state index in [9.17, 15) is 0 Å². The van der Waals surface area contributed by atoms with Gasteiger partial charge in [-0.25, -0.2) is 0 Å². The summed E-state index contributed by atoms with van der Waals surface area (Å²) in [5.74, 6) is 0. The fraction of sp³-hybridized carbons (Fsp3) is 0. The van der Waals surface area contributed by atoms with Gasteiger partial charge in [-0.3, -0.25) is 0 Å². The molecule has 0 atom stereocenters. The van der Waals surface area contributed by atoms with Crippen molar-refractivity contribution in [2.45, 2.75) is 0 Å². The first-order valence-electron chi connectivity index (χ1n) is 0. The zero-order valence-electron chi connectivity index (χ0n) is 3.12. The summed E-state index contributed by atoms with van der Waals surface area (Å²) >= 11 is 0. The van der Waals surface area contributed by atoms with Crippen molar-refractivity contribution in [1.29, 1.82) is 0 Å². The van der Waals surface area contributed by atoms with Gasteiger partial charge in [0, 0.05) is 0 Å². The van der Waals surface area contributed by atoms with E-state index >= 15 is 0 Å². The Morgan fingerprint density at radius 2 is 0.667 bits per heavy atom. The zero-order chi connectivity index (χ0) is 0. The molecule has 0 saturated heterocycles. The van der Waals surface area contributed by atoms with Crippen LogP contribution in [0.1, 0.15) is 0 Å². The number of hydrogen-bond donors (Lipinski definition) is 0. The molecule has 0 aromatic carbocycles. The zero-order valence-corrected chi connectivity index (χ0v) is 13.8. The molecule has 6 heteroatoms. The normalized spacial score (nSPS) is 0. The molecule has 6 heavy (non-hydrogen) atoms. The van der Waals surface area contributed by atoms with Crippen molar-refractivity contribution >= 4 is 54.0 Å². The minimum absolute atomic E-state index is 0. The van der Waals surface area contributed by atoms with Gasteiger partial charge in [0.25, 0.3) is 0 Å². The maximum atomic E-state index is 0. The van der Waals surface area contributed by atoms with E-state index in [1.165, 1.54) is 0 Å². The molecule has 0 bridgehead atoms. The molecular weight excluding hydrogens is 411 g/mol. The van der Waals surface area contributed by atoms with Crippen LogP contribution in [-0.4, -0.2) is 0 Å². The number of hydrogen-bond acceptors (Lipinski definition) is 0. The van der Waals surface area contributed by atoms with Crippen LogP contribution in [-0.2, 0) is 49.4 Å². The van der Waals surface area contributed by atoms with Gasteiger partial charge in [-0.15, -0.1) is 0 Å². The maximum Gasteiger partial charge on any atom is 3.00 e. The average Bonchev–Trinajstić information content (AvgIpc) is 0. The smallest absolute Gasteiger partial charge is 2.00 e. The predicted molar refractivity (Wildman–Crippen MR) is 35.5 cm³/mol. The molecule has 0 aliphatic carbocycles. The van der Waals surface area contributed by atoms with Crippen molar-refractivity contribution in [2.75, 3.05) is 0 Å². The Hall–Kier alpha value is 3.95. The van der Waals surface area contributed by atoms with Crippen LogP contribution in [0.15, 0.2) is 0 Å². The second kappa shape index (κ2) is 36.3. The second-order valence-electron chi connectivity index (χ2n) is 0. The summed E-state index contributed by atoms with van der Waals surface area (Å²) in [4.78, 5) is 0. The Bertz CT molecular complexity index is 7.51. The van der Waals surface area contributed by atoms with Crippen LogP contribution in [0.25, 0.3) is 0 Å². The summed E-state index contributed by atoms with van der Waals surface area (Å²) < 4.78 is 0. The summed E-state index contributed by atoms with van der Waals surface area (Å²) in [6, 6.07) is 0. The van der Waals surface area contributed by atoms with E-state index in [0.29, 0.717) is 0 Å². The molecule has 0 rings (SSSR count). The first-order valence-corrected chi connectivity index (χ1v) is 0. The molecule has 40 valence electrons. The second-order valence-corrected chi connectivity index (χ2v) is 0. The van der Waals surface area contributed by atoms with E-state index in [0.717, 1.165) is 0 Å². The summed E-state index contributed by atoms with van der Waals surface area (Å²) in [7, 11) is 0. The molecule has 0 amide bonds. The monoisotopic (exact) mass is 414 g/mol. The Morgan fingerprint density at radius 1 is 0.667 bits per heavy atom. The third-order valence-corrected chi connectivity index (χ3v) is 0. The molecule has 0 nitrogen and oxygen atoms in total. The SMILES string of the molecule is S.S.[Au+3].[Rb+].[S-2].[S-2]. The van der Waals surface area contributed by atoms with Gasteiger partial charge in [-0.05, 0) is 0 Å². The van der Waals surface area contributed by atoms with Crippen LogP contribution in [0.4, 0.5) is 0 Å². The Kier molecular flexibility index (Phi) is 309. The van der Waals surface area contributed by atoms with Crippen LogP contribution < -0.4 is 58.2 Å². The van der Waals surface area contributed by atoms with E-state index in [4.69, 9.17) is 0 Å². The molecular formula is H4AuRbS4. The molecule has 0 aliphatic heterocycles. The Morgan fingerprint density at radius 3 is 0.667 bits per heavy atom. The van der Waals surface area contributed by atoms with Gasteiger partial charge in [-0.1, -0.05) is 0 Å². The third kappa shape index (κ3) is 24.6. The van der Waals surface area contributed by atoms with Gasteiger partial charge in [0.15, 0.2) is 0 Å². The van der Waals surface area contributed by atoms with Gasteiger partial charge in [0.1, 0.15) is 0 Å². The molecule has 0 fully saturated rings. The Balaban J connectivity index is 0. The first kappa shape index (κ1) is 51.1. The summed E-state index contributed by atoms with van der Waals surface area (Å²) in [5.41, 5.74) is 0. The van der Waals surface area contributed by atoms with Crippen LogP contribution >= 0.6 is 27.0 Å². The summed E-state index contributed by atoms with van der Waals surface area (Å²) in [6.07, 6.45) is 0. The average molecular weight is 415 g/mol. The maximum absolute atomic E-state index is 0. The van der Waals surface area contributed by atoms with Gasteiger partial charge in [0.2, 0.25) is 0 Å². The van der Waals surface area contributed by atoms with Gasteiger partial charge >= 0.3 is 80.6 Å². The molecule has 0 radical (unpaired) electrons. The first-order chi connectivity index (χ1) is 0. The molecule has 0 aromatic heterocycles. The van der Waals surface area contributed by atoms with E-state index in [2.05, 4.69) is 0 Å². The molecule has 0 N–H and O–H groups in total. The van der Waals surface area contributed by atoms with E-state index in [1.54, 1.807) is 0 Å². The van der Waals surface area contributed by atoms with Crippen LogP contribution in [0.5, 0.6) is 0 Å². The molecule has 0 aliphatic rings.